The molecule has 2 aromatic rings. The van der Waals surface area contributed by atoms with Crippen LogP contribution in [0.25, 0.3) is 0 Å². The minimum Gasteiger partial charge on any atom is -0.384 e. The molecule has 0 atom stereocenters. The minimum absolute atomic E-state index is 1.02. The van der Waals surface area contributed by atoms with E-state index >= 15 is 0 Å². The first-order chi connectivity index (χ1) is 9.20. The summed E-state index contributed by atoms with van der Waals surface area (Å²) in [5, 5.41) is 3.49. The molecule has 0 spiro atoms. The Morgan fingerprint density at radius 3 is 2.53 bits per heavy atom. The normalized spacial score (nSPS) is 10.5. The van der Waals surface area contributed by atoms with E-state index in [2.05, 4.69) is 68.6 Å². The maximum atomic E-state index is 3.49. The SMILES string of the molecule is CCCNc1ccccc1Sc1ccc(C)cc1C. The number of benzene rings is 2. The van der Waals surface area contributed by atoms with Gasteiger partial charge < -0.3 is 5.32 Å². The highest BCUT2D eigenvalue weighted by molar-refractivity contribution is 7.99. The predicted octanol–water partition coefficient (Wildman–Crippen LogP) is 5.28. The van der Waals surface area contributed by atoms with Crippen LogP contribution in [0.15, 0.2) is 52.3 Å². The number of rotatable bonds is 5. The lowest BCUT2D eigenvalue weighted by atomic mass is 10.2. The molecular formula is C17H21NS. The second-order valence-corrected chi connectivity index (χ2v) is 5.88. The molecule has 1 N–H and O–H groups in total. The summed E-state index contributed by atoms with van der Waals surface area (Å²) in [6.07, 6.45) is 1.14. The van der Waals surface area contributed by atoms with Gasteiger partial charge in [0.15, 0.2) is 0 Å². The molecule has 0 unspecified atom stereocenters. The first-order valence-corrected chi connectivity index (χ1v) is 7.60. The van der Waals surface area contributed by atoms with Crippen LogP contribution >= 0.6 is 11.8 Å². The Hall–Kier alpha value is -1.41. The van der Waals surface area contributed by atoms with Gasteiger partial charge in [0, 0.05) is 22.0 Å². The van der Waals surface area contributed by atoms with Crippen molar-refractivity contribution in [2.24, 2.45) is 0 Å². The van der Waals surface area contributed by atoms with Gasteiger partial charge in [-0.15, -0.1) is 0 Å². The van der Waals surface area contributed by atoms with Gasteiger partial charge in [0.2, 0.25) is 0 Å². The van der Waals surface area contributed by atoms with Gasteiger partial charge in [-0.3, -0.25) is 0 Å². The number of hydrogen-bond donors (Lipinski definition) is 1. The Morgan fingerprint density at radius 1 is 1.00 bits per heavy atom. The van der Waals surface area contributed by atoms with Crippen LogP contribution in [0.4, 0.5) is 5.69 Å². The van der Waals surface area contributed by atoms with E-state index in [1.54, 1.807) is 0 Å². The smallest absolute Gasteiger partial charge is 0.0482 e. The standard InChI is InChI=1S/C17H21NS/c1-4-11-18-15-7-5-6-8-17(15)19-16-10-9-13(2)12-14(16)3/h5-10,12,18H,4,11H2,1-3H3. The molecule has 0 aliphatic carbocycles. The van der Waals surface area contributed by atoms with Crippen molar-refractivity contribution >= 4 is 17.4 Å². The maximum Gasteiger partial charge on any atom is 0.0482 e. The van der Waals surface area contributed by atoms with Crippen LogP contribution in [-0.2, 0) is 0 Å². The molecule has 100 valence electrons. The zero-order chi connectivity index (χ0) is 13.7. The third-order valence-corrected chi connectivity index (χ3v) is 4.26. The van der Waals surface area contributed by atoms with E-state index < -0.39 is 0 Å². The van der Waals surface area contributed by atoms with Gasteiger partial charge in [-0.2, -0.15) is 0 Å². The Morgan fingerprint density at radius 2 is 1.79 bits per heavy atom. The third-order valence-electron chi connectivity index (χ3n) is 3.00. The van der Waals surface area contributed by atoms with Gasteiger partial charge in [-0.05, 0) is 44.0 Å². The first-order valence-electron chi connectivity index (χ1n) is 6.78. The van der Waals surface area contributed by atoms with Crippen molar-refractivity contribution in [3.05, 3.63) is 53.6 Å². The van der Waals surface area contributed by atoms with Crippen LogP contribution in [-0.4, -0.2) is 6.54 Å². The molecule has 1 nitrogen and oxygen atoms in total. The molecule has 0 saturated heterocycles. The molecule has 0 aromatic heterocycles. The fraction of sp³-hybridized carbons (Fsp3) is 0.294. The van der Waals surface area contributed by atoms with Crippen LogP contribution in [0.5, 0.6) is 0 Å². The van der Waals surface area contributed by atoms with Crippen LogP contribution in [0.3, 0.4) is 0 Å². The first kappa shape index (κ1) is 14.0. The van der Waals surface area contributed by atoms with Gasteiger partial charge in [-0.25, -0.2) is 0 Å². The molecule has 0 amide bonds. The summed E-state index contributed by atoms with van der Waals surface area (Å²) in [7, 11) is 0. The largest absolute Gasteiger partial charge is 0.384 e. The molecule has 2 heteroatoms. The molecule has 0 aliphatic rings. The number of hydrogen-bond acceptors (Lipinski definition) is 2. The monoisotopic (exact) mass is 271 g/mol. The molecule has 2 rings (SSSR count). The molecule has 0 radical (unpaired) electrons. The van der Waals surface area contributed by atoms with Crippen LogP contribution in [0.1, 0.15) is 24.5 Å². The number of nitrogens with one attached hydrogen (secondary N) is 1. The molecule has 0 fully saturated rings. The highest BCUT2D eigenvalue weighted by Crippen LogP contribution is 2.35. The topological polar surface area (TPSA) is 12.0 Å². The second-order valence-electron chi connectivity index (χ2n) is 4.79. The highest BCUT2D eigenvalue weighted by atomic mass is 32.2. The minimum atomic E-state index is 1.02. The van der Waals surface area contributed by atoms with E-state index in [1.807, 2.05) is 11.8 Å². The van der Waals surface area contributed by atoms with Crippen molar-refractivity contribution < 1.29 is 0 Å². The summed E-state index contributed by atoms with van der Waals surface area (Å²) in [5.41, 5.74) is 3.89. The second kappa shape index (κ2) is 6.67. The summed E-state index contributed by atoms with van der Waals surface area (Å²) >= 11 is 1.84. The summed E-state index contributed by atoms with van der Waals surface area (Å²) in [6, 6.07) is 15.2. The van der Waals surface area contributed by atoms with Gasteiger partial charge in [0.25, 0.3) is 0 Å². The van der Waals surface area contributed by atoms with Crippen molar-refractivity contribution in [3.63, 3.8) is 0 Å². The fourth-order valence-corrected chi connectivity index (χ4v) is 2.98. The Balaban J connectivity index is 2.22. The third kappa shape index (κ3) is 3.77. The average Bonchev–Trinajstić information content (AvgIpc) is 2.41. The number of anilines is 1. The van der Waals surface area contributed by atoms with E-state index in [-0.39, 0.29) is 0 Å². The summed E-state index contributed by atoms with van der Waals surface area (Å²) in [5.74, 6) is 0. The van der Waals surface area contributed by atoms with Crippen molar-refractivity contribution in [1.82, 2.24) is 0 Å². The van der Waals surface area contributed by atoms with Gasteiger partial charge in [-0.1, -0.05) is 48.5 Å². The van der Waals surface area contributed by atoms with Crippen molar-refractivity contribution in [2.45, 2.75) is 37.0 Å². The van der Waals surface area contributed by atoms with Crippen molar-refractivity contribution in [3.8, 4) is 0 Å². The van der Waals surface area contributed by atoms with Crippen LogP contribution in [0.2, 0.25) is 0 Å². The average molecular weight is 271 g/mol. The lowest BCUT2D eigenvalue weighted by Crippen LogP contribution is -2.00. The van der Waals surface area contributed by atoms with E-state index in [9.17, 15) is 0 Å². The molecule has 2 aromatic carbocycles. The van der Waals surface area contributed by atoms with E-state index in [4.69, 9.17) is 0 Å². The highest BCUT2D eigenvalue weighted by Gasteiger charge is 2.05. The van der Waals surface area contributed by atoms with E-state index in [0.29, 0.717) is 0 Å². The van der Waals surface area contributed by atoms with Crippen LogP contribution in [0, 0.1) is 13.8 Å². The fourth-order valence-electron chi connectivity index (χ4n) is 1.99. The van der Waals surface area contributed by atoms with Gasteiger partial charge in [0.1, 0.15) is 0 Å². The summed E-state index contributed by atoms with van der Waals surface area (Å²) in [6.45, 7) is 7.52. The lowest BCUT2D eigenvalue weighted by molar-refractivity contribution is 0.974. The van der Waals surface area contributed by atoms with Crippen molar-refractivity contribution in [1.29, 1.82) is 0 Å². The van der Waals surface area contributed by atoms with Crippen LogP contribution < -0.4 is 5.32 Å². The number of para-hydroxylation sites is 1. The molecular weight excluding hydrogens is 250 g/mol. The summed E-state index contributed by atoms with van der Waals surface area (Å²) in [4.78, 5) is 2.62. The maximum absolute atomic E-state index is 3.49. The Kier molecular flexibility index (Phi) is 4.92. The Bertz CT molecular complexity index is 549. The quantitative estimate of drug-likeness (QED) is 0.794. The molecule has 0 bridgehead atoms. The molecule has 19 heavy (non-hydrogen) atoms. The van der Waals surface area contributed by atoms with Gasteiger partial charge >= 0.3 is 0 Å². The Labute approximate surface area is 120 Å². The zero-order valence-corrected chi connectivity index (χ0v) is 12.7. The van der Waals surface area contributed by atoms with Gasteiger partial charge in [0.05, 0.1) is 0 Å². The van der Waals surface area contributed by atoms with Crippen molar-refractivity contribution in [2.75, 3.05) is 11.9 Å². The van der Waals surface area contributed by atoms with E-state index in [1.165, 1.54) is 26.6 Å². The summed E-state index contributed by atoms with van der Waals surface area (Å²) < 4.78 is 0. The lowest BCUT2D eigenvalue weighted by Gasteiger charge is -2.12. The van der Waals surface area contributed by atoms with E-state index in [0.717, 1.165) is 13.0 Å². The zero-order valence-electron chi connectivity index (χ0n) is 11.9. The number of aryl methyl sites for hydroxylation is 2. The molecule has 0 aliphatic heterocycles. The molecule has 0 heterocycles. The predicted molar refractivity (Wildman–Crippen MR) is 85.3 cm³/mol. The molecule has 0 saturated carbocycles.